The molecule has 0 amide bonds. The van der Waals surface area contributed by atoms with Gasteiger partial charge in [0.1, 0.15) is 0 Å². The van der Waals surface area contributed by atoms with Crippen LogP contribution in [0.4, 0.5) is 5.13 Å². The number of hydrogen-bond acceptors (Lipinski definition) is 4. The van der Waals surface area contributed by atoms with E-state index in [0.29, 0.717) is 6.04 Å². The number of anilines is 1. The quantitative estimate of drug-likeness (QED) is 0.782. The molecule has 3 nitrogen and oxygen atoms in total. The third kappa shape index (κ3) is 3.78. The van der Waals surface area contributed by atoms with E-state index < -0.39 is 0 Å². The largest absolute Gasteiger partial charge is 0.348 e. The molecule has 0 bridgehead atoms. The topological polar surface area (TPSA) is 28.2 Å². The molecule has 118 valence electrons. The van der Waals surface area contributed by atoms with E-state index in [1.807, 2.05) is 11.3 Å². The number of thiazole rings is 1. The van der Waals surface area contributed by atoms with Crippen molar-refractivity contribution < 1.29 is 0 Å². The van der Waals surface area contributed by atoms with Gasteiger partial charge >= 0.3 is 0 Å². The van der Waals surface area contributed by atoms with Crippen molar-refractivity contribution in [2.24, 2.45) is 5.92 Å². The van der Waals surface area contributed by atoms with Crippen LogP contribution in [0.2, 0.25) is 0 Å². The molecule has 1 saturated carbocycles. The maximum atomic E-state index is 5.07. The second kappa shape index (κ2) is 7.10. The lowest BCUT2D eigenvalue weighted by molar-refractivity contribution is 0.454. The van der Waals surface area contributed by atoms with Crippen LogP contribution in [0.5, 0.6) is 0 Å². The summed E-state index contributed by atoms with van der Waals surface area (Å²) in [5, 5.41) is 4.98. The predicted molar refractivity (Wildman–Crippen MR) is 91.3 cm³/mol. The van der Waals surface area contributed by atoms with Gasteiger partial charge in [0.25, 0.3) is 0 Å². The summed E-state index contributed by atoms with van der Waals surface area (Å²) in [6.45, 7) is 8.02. The van der Waals surface area contributed by atoms with E-state index in [0.717, 1.165) is 19.0 Å². The first-order valence-corrected chi connectivity index (χ1v) is 9.61. The molecular weight excluding hydrogens is 278 g/mol. The summed E-state index contributed by atoms with van der Waals surface area (Å²) in [5.74, 6) is 0.937. The lowest BCUT2D eigenvalue weighted by atomic mass is 9.97. The number of rotatable bonds is 8. The summed E-state index contributed by atoms with van der Waals surface area (Å²) in [6, 6.07) is 0.503. The van der Waals surface area contributed by atoms with E-state index in [9.17, 15) is 0 Å². The van der Waals surface area contributed by atoms with E-state index in [4.69, 9.17) is 4.98 Å². The molecule has 1 atom stereocenters. The van der Waals surface area contributed by atoms with Crippen LogP contribution in [0.1, 0.15) is 69.0 Å². The van der Waals surface area contributed by atoms with Crippen LogP contribution in [0.3, 0.4) is 0 Å². The maximum absolute atomic E-state index is 5.07. The van der Waals surface area contributed by atoms with E-state index in [1.54, 1.807) is 4.88 Å². The van der Waals surface area contributed by atoms with Crippen molar-refractivity contribution in [1.29, 1.82) is 0 Å². The minimum Gasteiger partial charge on any atom is -0.348 e. The molecule has 0 saturated heterocycles. The zero-order valence-electron chi connectivity index (χ0n) is 13.5. The SMILES string of the molecule is CCCNC1CCCc2sc(N(CCC)CC3CC3)nc21. The summed E-state index contributed by atoms with van der Waals surface area (Å²) < 4.78 is 0. The van der Waals surface area contributed by atoms with Gasteiger partial charge in [0.05, 0.1) is 11.7 Å². The van der Waals surface area contributed by atoms with Gasteiger partial charge in [-0.3, -0.25) is 0 Å². The molecule has 1 unspecified atom stereocenters. The van der Waals surface area contributed by atoms with Crippen molar-refractivity contribution in [2.75, 3.05) is 24.5 Å². The van der Waals surface area contributed by atoms with Crippen LogP contribution < -0.4 is 10.2 Å². The molecule has 0 aliphatic heterocycles. The number of fused-ring (bicyclic) bond motifs is 1. The summed E-state index contributed by atoms with van der Waals surface area (Å²) in [5.41, 5.74) is 1.37. The minimum absolute atomic E-state index is 0.503. The predicted octanol–water partition coefficient (Wildman–Crippen LogP) is 4.15. The van der Waals surface area contributed by atoms with Crippen molar-refractivity contribution in [1.82, 2.24) is 10.3 Å². The molecule has 0 spiro atoms. The van der Waals surface area contributed by atoms with Crippen LogP contribution in [0.15, 0.2) is 0 Å². The third-order valence-corrected chi connectivity index (χ3v) is 5.71. The first-order valence-electron chi connectivity index (χ1n) is 8.79. The zero-order chi connectivity index (χ0) is 14.7. The van der Waals surface area contributed by atoms with E-state index in [-0.39, 0.29) is 0 Å². The van der Waals surface area contributed by atoms with Crippen molar-refractivity contribution in [2.45, 2.75) is 64.8 Å². The average Bonchev–Trinajstić information content (AvgIpc) is 3.20. The number of aryl methyl sites for hydroxylation is 1. The average molecular weight is 308 g/mol. The van der Waals surface area contributed by atoms with E-state index >= 15 is 0 Å². The molecule has 1 heterocycles. The molecule has 4 heteroatoms. The molecule has 0 radical (unpaired) electrons. The van der Waals surface area contributed by atoms with Gasteiger partial charge in [0.15, 0.2) is 5.13 Å². The third-order valence-electron chi connectivity index (χ3n) is 4.52. The Balaban J connectivity index is 1.75. The Morgan fingerprint density at radius 1 is 1.24 bits per heavy atom. The fraction of sp³-hybridized carbons (Fsp3) is 0.824. The molecule has 2 aliphatic carbocycles. The Kier molecular flexibility index (Phi) is 5.17. The molecular formula is C17H29N3S. The van der Waals surface area contributed by atoms with Crippen LogP contribution in [0.25, 0.3) is 0 Å². The minimum atomic E-state index is 0.503. The molecule has 1 aromatic rings. The molecule has 1 aromatic heterocycles. The Morgan fingerprint density at radius 2 is 2.10 bits per heavy atom. The van der Waals surface area contributed by atoms with Crippen molar-refractivity contribution >= 4 is 16.5 Å². The van der Waals surface area contributed by atoms with Gasteiger partial charge < -0.3 is 10.2 Å². The second-order valence-electron chi connectivity index (χ2n) is 6.59. The first kappa shape index (κ1) is 15.3. The molecule has 1 fully saturated rings. The van der Waals surface area contributed by atoms with E-state index in [2.05, 4.69) is 24.1 Å². The molecule has 0 aromatic carbocycles. The molecule has 3 rings (SSSR count). The van der Waals surface area contributed by atoms with Gasteiger partial charge in [0.2, 0.25) is 0 Å². The normalized spacial score (nSPS) is 21.3. The number of nitrogens with one attached hydrogen (secondary N) is 1. The Hall–Kier alpha value is -0.610. The van der Waals surface area contributed by atoms with Crippen molar-refractivity contribution in [3.63, 3.8) is 0 Å². The monoisotopic (exact) mass is 307 g/mol. The lowest BCUT2D eigenvalue weighted by Crippen LogP contribution is -2.27. The number of nitrogens with zero attached hydrogens (tertiary/aromatic N) is 2. The van der Waals surface area contributed by atoms with Crippen LogP contribution in [0, 0.1) is 5.92 Å². The zero-order valence-corrected chi connectivity index (χ0v) is 14.3. The van der Waals surface area contributed by atoms with Crippen LogP contribution in [-0.2, 0) is 6.42 Å². The standard InChI is InChI=1S/C17H29N3S/c1-3-10-18-14-6-5-7-15-16(14)19-17(21-15)20(11-4-2)12-13-8-9-13/h13-14,18H,3-12H2,1-2H3. The smallest absolute Gasteiger partial charge is 0.185 e. The maximum Gasteiger partial charge on any atom is 0.185 e. The van der Waals surface area contributed by atoms with Crippen molar-refractivity contribution in [3.8, 4) is 0 Å². The summed E-state index contributed by atoms with van der Waals surface area (Å²) in [4.78, 5) is 9.16. The highest BCUT2D eigenvalue weighted by molar-refractivity contribution is 7.15. The highest BCUT2D eigenvalue weighted by Crippen LogP contribution is 2.38. The number of hydrogen-bond donors (Lipinski definition) is 1. The second-order valence-corrected chi connectivity index (χ2v) is 7.66. The van der Waals surface area contributed by atoms with Crippen LogP contribution >= 0.6 is 11.3 Å². The molecule has 21 heavy (non-hydrogen) atoms. The fourth-order valence-corrected chi connectivity index (χ4v) is 4.40. The molecule has 1 N–H and O–H groups in total. The van der Waals surface area contributed by atoms with Gasteiger partial charge in [-0.25, -0.2) is 4.98 Å². The fourth-order valence-electron chi connectivity index (χ4n) is 3.21. The highest BCUT2D eigenvalue weighted by Gasteiger charge is 2.28. The summed E-state index contributed by atoms with van der Waals surface area (Å²) in [7, 11) is 0. The Bertz CT molecular complexity index is 453. The number of aromatic nitrogens is 1. The van der Waals surface area contributed by atoms with E-state index in [1.165, 1.54) is 62.3 Å². The Morgan fingerprint density at radius 3 is 2.81 bits per heavy atom. The highest BCUT2D eigenvalue weighted by atomic mass is 32.1. The molecule has 2 aliphatic rings. The first-order chi connectivity index (χ1) is 10.3. The summed E-state index contributed by atoms with van der Waals surface area (Å²) >= 11 is 1.97. The summed E-state index contributed by atoms with van der Waals surface area (Å²) in [6.07, 6.45) is 9.07. The van der Waals surface area contributed by atoms with Gasteiger partial charge in [-0.05, 0) is 57.4 Å². The van der Waals surface area contributed by atoms with Gasteiger partial charge in [0, 0.05) is 18.0 Å². The lowest BCUT2D eigenvalue weighted by Gasteiger charge is -2.22. The Labute approximate surface area is 133 Å². The van der Waals surface area contributed by atoms with Gasteiger partial charge in [-0.1, -0.05) is 13.8 Å². The van der Waals surface area contributed by atoms with Gasteiger partial charge in [-0.15, -0.1) is 11.3 Å². The van der Waals surface area contributed by atoms with Gasteiger partial charge in [-0.2, -0.15) is 0 Å². The van der Waals surface area contributed by atoms with Crippen LogP contribution in [-0.4, -0.2) is 24.6 Å². The van der Waals surface area contributed by atoms with Crippen molar-refractivity contribution in [3.05, 3.63) is 10.6 Å².